The van der Waals surface area contributed by atoms with E-state index in [2.05, 4.69) is 20.8 Å². The van der Waals surface area contributed by atoms with E-state index in [1.807, 2.05) is 74.8 Å². The lowest BCUT2D eigenvalue weighted by molar-refractivity contribution is 0.0722. The number of carbonyl (C=O) groups excluding carboxylic acids is 1. The smallest absolute Gasteiger partial charge is 0.290 e. The summed E-state index contributed by atoms with van der Waals surface area (Å²) >= 11 is 3.47. The summed E-state index contributed by atoms with van der Waals surface area (Å²) < 4.78 is 7.18. The summed E-state index contributed by atoms with van der Waals surface area (Å²) in [4.78, 5) is 31.1. The summed E-state index contributed by atoms with van der Waals surface area (Å²) in [6.07, 6.45) is 0.802. The van der Waals surface area contributed by atoms with E-state index in [0.717, 1.165) is 33.8 Å². The van der Waals surface area contributed by atoms with Crippen LogP contribution >= 0.6 is 15.9 Å². The standard InChI is InChI=1S/C26H23BrN2O3/c1-28(2)14-5-15-29-22(17-8-11-18(27)12-9-17)21-23(30)20-13-10-16-6-3-4-7-19(16)24(20)32-25(21)26(29)31/h3-4,6-13,22H,5,14-15H2,1-2H3. The van der Waals surface area contributed by atoms with Crippen LogP contribution in [0.5, 0.6) is 0 Å². The molecule has 6 heteroatoms. The highest BCUT2D eigenvalue weighted by molar-refractivity contribution is 9.10. The molecule has 5 nitrogen and oxygen atoms in total. The van der Waals surface area contributed by atoms with Gasteiger partial charge in [-0.1, -0.05) is 58.4 Å². The number of hydrogen-bond donors (Lipinski definition) is 0. The second-order valence-electron chi connectivity index (χ2n) is 8.45. The highest BCUT2D eigenvalue weighted by Gasteiger charge is 2.42. The lowest BCUT2D eigenvalue weighted by Crippen LogP contribution is -2.32. The number of hydrogen-bond acceptors (Lipinski definition) is 4. The number of fused-ring (bicyclic) bond motifs is 4. The minimum atomic E-state index is -0.458. The van der Waals surface area contributed by atoms with Crippen LogP contribution in [0.4, 0.5) is 0 Å². The highest BCUT2D eigenvalue weighted by Crippen LogP contribution is 2.39. The van der Waals surface area contributed by atoms with E-state index in [1.54, 1.807) is 4.90 Å². The van der Waals surface area contributed by atoms with Gasteiger partial charge in [0.1, 0.15) is 5.58 Å². The molecule has 0 bridgehead atoms. The molecule has 0 saturated heterocycles. The molecule has 162 valence electrons. The van der Waals surface area contributed by atoms with Gasteiger partial charge in [0.05, 0.1) is 17.0 Å². The lowest BCUT2D eigenvalue weighted by Gasteiger charge is -2.25. The summed E-state index contributed by atoms with van der Waals surface area (Å²) in [5.41, 5.74) is 1.68. The fourth-order valence-electron chi connectivity index (χ4n) is 4.53. The van der Waals surface area contributed by atoms with Gasteiger partial charge < -0.3 is 14.2 Å². The molecular weight excluding hydrogens is 468 g/mol. The predicted molar refractivity (Wildman–Crippen MR) is 130 cm³/mol. The van der Waals surface area contributed by atoms with Crippen molar-refractivity contribution in [2.24, 2.45) is 0 Å². The molecule has 0 N–H and O–H groups in total. The third kappa shape index (κ3) is 3.44. The third-order valence-electron chi connectivity index (χ3n) is 6.05. The Bertz CT molecular complexity index is 1390. The Labute approximate surface area is 194 Å². The van der Waals surface area contributed by atoms with Gasteiger partial charge in [0.2, 0.25) is 5.76 Å². The lowest BCUT2D eigenvalue weighted by atomic mass is 9.97. The van der Waals surface area contributed by atoms with Crippen molar-refractivity contribution in [3.05, 3.63) is 92.2 Å². The average Bonchev–Trinajstić information content (AvgIpc) is 3.06. The summed E-state index contributed by atoms with van der Waals surface area (Å²) in [6, 6.07) is 18.8. The number of nitrogens with zero attached hydrogens (tertiary/aromatic N) is 2. The first-order valence-corrected chi connectivity index (χ1v) is 11.4. The Kier molecular flexibility index (Phi) is 5.35. The van der Waals surface area contributed by atoms with Crippen LogP contribution in [0.2, 0.25) is 0 Å². The van der Waals surface area contributed by atoms with Gasteiger partial charge in [-0.2, -0.15) is 0 Å². The number of amides is 1. The van der Waals surface area contributed by atoms with E-state index in [-0.39, 0.29) is 17.1 Å². The normalized spacial score (nSPS) is 15.8. The van der Waals surface area contributed by atoms with Crippen LogP contribution in [0.3, 0.4) is 0 Å². The number of halogens is 1. The van der Waals surface area contributed by atoms with Crippen LogP contribution < -0.4 is 5.43 Å². The molecule has 1 aliphatic rings. The largest absolute Gasteiger partial charge is 0.450 e. The Morgan fingerprint density at radius 1 is 0.969 bits per heavy atom. The zero-order valence-corrected chi connectivity index (χ0v) is 19.6. The first-order valence-electron chi connectivity index (χ1n) is 10.7. The minimum Gasteiger partial charge on any atom is -0.450 e. The van der Waals surface area contributed by atoms with Crippen molar-refractivity contribution in [2.45, 2.75) is 12.5 Å². The van der Waals surface area contributed by atoms with Gasteiger partial charge in [0, 0.05) is 16.4 Å². The maximum Gasteiger partial charge on any atom is 0.290 e. The molecule has 0 radical (unpaired) electrons. The van der Waals surface area contributed by atoms with E-state index in [0.29, 0.717) is 23.1 Å². The summed E-state index contributed by atoms with van der Waals surface area (Å²) in [7, 11) is 4.02. The predicted octanol–water partition coefficient (Wildman–Crippen LogP) is 5.21. The highest BCUT2D eigenvalue weighted by atomic mass is 79.9. The second kappa shape index (κ2) is 8.19. The molecule has 1 unspecified atom stereocenters. The quantitative estimate of drug-likeness (QED) is 0.360. The molecule has 1 amide bonds. The minimum absolute atomic E-state index is 0.136. The molecule has 4 aromatic rings. The van der Waals surface area contributed by atoms with E-state index in [1.165, 1.54) is 0 Å². The summed E-state index contributed by atoms with van der Waals surface area (Å²) in [6.45, 7) is 1.39. The van der Waals surface area contributed by atoms with Crippen LogP contribution in [-0.4, -0.2) is 42.9 Å². The van der Waals surface area contributed by atoms with Crippen molar-refractivity contribution in [1.29, 1.82) is 0 Å². The van der Waals surface area contributed by atoms with Crippen molar-refractivity contribution in [1.82, 2.24) is 9.80 Å². The fraction of sp³-hybridized carbons (Fsp3) is 0.231. The van der Waals surface area contributed by atoms with E-state index < -0.39 is 6.04 Å². The molecule has 0 aliphatic carbocycles. The van der Waals surface area contributed by atoms with Gasteiger partial charge in [-0.05, 0) is 56.2 Å². The van der Waals surface area contributed by atoms with Crippen molar-refractivity contribution in [3.8, 4) is 0 Å². The Morgan fingerprint density at radius 2 is 1.72 bits per heavy atom. The van der Waals surface area contributed by atoms with Crippen LogP contribution in [0.25, 0.3) is 21.7 Å². The Hall–Kier alpha value is -2.96. The SMILES string of the molecule is CN(C)CCCN1C(=O)c2oc3c(ccc4ccccc43)c(=O)c2C1c1ccc(Br)cc1. The maximum atomic E-state index is 13.7. The molecule has 1 aromatic heterocycles. The van der Waals surface area contributed by atoms with E-state index in [4.69, 9.17) is 4.42 Å². The molecule has 0 spiro atoms. The third-order valence-corrected chi connectivity index (χ3v) is 6.58. The molecule has 32 heavy (non-hydrogen) atoms. The van der Waals surface area contributed by atoms with E-state index >= 15 is 0 Å². The van der Waals surface area contributed by atoms with Crippen LogP contribution in [-0.2, 0) is 0 Å². The molecular formula is C26H23BrN2O3. The zero-order valence-electron chi connectivity index (χ0n) is 18.0. The average molecular weight is 491 g/mol. The molecule has 2 heterocycles. The van der Waals surface area contributed by atoms with Gasteiger partial charge in [-0.15, -0.1) is 0 Å². The van der Waals surface area contributed by atoms with Crippen molar-refractivity contribution >= 4 is 43.6 Å². The van der Waals surface area contributed by atoms with Crippen LogP contribution in [0.15, 0.2) is 74.3 Å². The maximum absolute atomic E-state index is 13.7. The van der Waals surface area contributed by atoms with Crippen LogP contribution in [0.1, 0.15) is 34.1 Å². The Morgan fingerprint density at radius 3 is 2.47 bits per heavy atom. The van der Waals surface area contributed by atoms with Crippen molar-refractivity contribution in [2.75, 3.05) is 27.2 Å². The molecule has 1 aliphatic heterocycles. The molecule has 5 rings (SSSR count). The zero-order chi connectivity index (χ0) is 22.4. The summed E-state index contributed by atoms with van der Waals surface area (Å²) in [5.74, 6) is -0.0600. The van der Waals surface area contributed by atoms with E-state index in [9.17, 15) is 9.59 Å². The van der Waals surface area contributed by atoms with Gasteiger partial charge in [0.25, 0.3) is 5.91 Å². The Balaban J connectivity index is 1.72. The number of carbonyl (C=O) groups is 1. The van der Waals surface area contributed by atoms with Crippen LogP contribution in [0, 0.1) is 0 Å². The van der Waals surface area contributed by atoms with Gasteiger partial charge in [-0.25, -0.2) is 0 Å². The second-order valence-corrected chi connectivity index (χ2v) is 9.36. The first kappa shape index (κ1) is 20.9. The van der Waals surface area contributed by atoms with Gasteiger partial charge in [0.15, 0.2) is 5.43 Å². The molecule has 0 saturated carbocycles. The van der Waals surface area contributed by atoms with Gasteiger partial charge >= 0.3 is 0 Å². The number of benzene rings is 3. The number of rotatable bonds is 5. The van der Waals surface area contributed by atoms with Crippen molar-refractivity contribution < 1.29 is 9.21 Å². The first-order chi connectivity index (χ1) is 15.5. The fourth-order valence-corrected chi connectivity index (χ4v) is 4.79. The molecule has 0 fully saturated rings. The monoisotopic (exact) mass is 490 g/mol. The van der Waals surface area contributed by atoms with Crippen molar-refractivity contribution in [3.63, 3.8) is 0 Å². The molecule has 3 aromatic carbocycles. The van der Waals surface area contributed by atoms with Gasteiger partial charge in [-0.3, -0.25) is 9.59 Å². The summed E-state index contributed by atoms with van der Waals surface area (Å²) in [5, 5.41) is 2.32. The topological polar surface area (TPSA) is 53.8 Å². The molecule has 1 atom stereocenters.